The number of ether oxygens (including phenoxy) is 1. The average molecular weight is 482 g/mol. The maximum atomic E-state index is 11.3. The van der Waals surface area contributed by atoms with Gasteiger partial charge in [-0.3, -0.25) is 0 Å². The van der Waals surface area contributed by atoms with Crippen molar-refractivity contribution in [2.45, 2.75) is 49.5 Å². The molecule has 0 aromatic heterocycles. The van der Waals surface area contributed by atoms with Gasteiger partial charge in [0.1, 0.15) is 17.8 Å². The van der Waals surface area contributed by atoms with E-state index in [1.54, 1.807) is 24.3 Å². The Morgan fingerprint density at radius 3 is 2.00 bits per heavy atom. The lowest BCUT2D eigenvalue weighted by atomic mass is 9.80. The van der Waals surface area contributed by atoms with Crippen LogP contribution in [0.15, 0.2) is 36.4 Å². The Kier molecular flexibility index (Phi) is 6.76. The molecule has 1 unspecified atom stereocenters. The number of halogens is 4. The standard InChI is InChI=1S/C20H20Cl4O5/c1-19(27)18(26)20(28,9-11-3-5-13(22)8-15(11)24)17(29-19)16(25)6-10-2-4-12(21)7-14(10)23/h2-5,7-8,16-18,25-28H,6,9H2,1H3/t16?,17-,18+,19+,20-/m1/s1. The Morgan fingerprint density at radius 1 is 0.966 bits per heavy atom. The van der Waals surface area contributed by atoms with Crippen molar-refractivity contribution in [2.75, 3.05) is 0 Å². The fourth-order valence-corrected chi connectivity index (χ4v) is 4.60. The number of hydrogen-bond acceptors (Lipinski definition) is 5. The topological polar surface area (TPSA) is 90.2 Å². The maximum Gasteiger partial charge on any atom is 0.192 e. The molecular formula is C20H20Cl4O5. The molecule has 2 aromatic rings. The molecule has 0 bridgehead atoms. The monoisotopic (exact) mass is 480 g/mol. The molecular weight excluding hydrogens is 462 g/mol. The van der Waals surface area contributed by atoms with Crippen molar-refractivity contribution >= 4 is 46.4 Å². The van der Waals surface area contributed by atoms with Crippen LogP contribution < -0.4 is 0 Å². The zero-order valence-electron chi connectivity index (χ0n) is 15.3. The second kappa shape index (κ2) is 8.50. The largest absolute Gasteiger partial charge is 0.390 e. The third kappa shape index (κ3) is 4.69. The van der Waals surface area contributed by atoms with Crippen molar-refractivity contribution in [3.8, 4) is 0 Å². The smallest absolute Gasteiger partial charge is 0.192 e. The molecule has 29 heavy (non-hydrogen) atoms. The first-order chi connectivity index (χ1) is 13.4. The van der Waals surface area contributed by atoms with Gasteiger partial charge in [-0.25, -0.2) is 0 Å². The van der Waals surface area contributed by atoms with E-state index in [9.17, 15) is 20.4 Å². The molecule has 158 valence electrons. The van der Waals surface area contributed by atoms with Crippen LogP contribution in [0, 0.1) is 0 Å². The Balaban J connectivity index is 1.92. The van der Waals surface area contributed by atoms with Gasteiger partial charge in [-0.15, -0.1) is 0 Å². The van der Waals surface area contributed by atoms with E-state index in [-0.39, 0.29) is 17.9 Å². The second-order valence-electron chi connectivity index (χ2n) is 7.41. The van der Waals surface area contributed by atoms with Crippen LogP contribution in [0.5, 0.6) is 0 Å². The van der Waals surface area contributed by atoms with E-state index in [2.05, 4.69) is 0 Å². The summed E-state index contributed by atoms with van der Waals surface area (Å²) in [6.45, 7) is 1.22. The first-order valence-corrected chi connectivity index (χ1v) is 10.3. The zero-order valence-corrected chi connectivity index (χ0v) is 18.3. The Labute approximate surface area is 188 Å². The lowest BCUT2D eigenvalue weighted by molar-refractivity contribution is -0.224. The van der Waals surface area contributed by atoms with E-state index in [1.165, 1.54) is 19.1 Å². The van der Waals surface area contributed by atoms with Crippen LogP contribution in [-0.4, -0.2) is 50.1 Å². The molecule has 2 aromatic carbocycles. The molecule has 0 spiro atoms. The molecule has 1 heterocycles. The molecule has 0 radical (unpaired) electrons. The quantitative estimate of drug-likeness (QED) is 0.523. The predicted molar refractivity (Wildman–Crippen MR) is 113 cm³/mol. The van der Waals surface area contributed by atoms with Gasteiger partial charge >= 0.3 is 0 Å². The predicted octanol–water partition coefficient (Wildman–Crippen LogP) is 3.65. The van der Waals surface area contributed by atoms with Gasteiger partial charge in [0, 0.05) is 32.9 Å². The van der Waals surface area contributed by atoms with Gasteiger partial charge in [-0.1, -0.05) is 58.5 Å². The van der Waals surface area contributed by atoms with Gasteiger partial charge in [0.05, 0.1) is 6.10 Å². The molecule has 5 atom stereocenters. The third-order valence-corrected chi connectivity index (χ3v) is 6.30. The van der Waals surface area contributed by atoms with Gasteiger partial charge < -0.3 is 25.2 Å². The van der Waals surface area contributed by atoms with E-state index in [1.807, 2.05) is 0 Å². The van der Waals surface area contributed by atoms with E-state index in [0.717, 1.165) is 0 Å². The highest BCUT2D eigenvalue weighted by Gasteiger charge is 2.62. The summed E-state index contributed by atoms with van der Waals surface area (Å²) in [5.41, 5.74) is -0.986. The number of rotatable bonds is 5. The molecule has 3 rings (SSSR count). The SMILES string of the molecule is C[C@]1(O)O[C@H](C(O)Cc2ccc(Cl)cc2Cl)[C@](O)(Cc2ccc(Cl)cc2Cl)[C@H]1O. The first kappa shape index (κ1) is 23.1. The van der Waals surface area contributed by atoms with Crippen LogP contribution in [0.1, 0.15) is 18.1 Å². The summed E-state index contributed by atoms with van der Waals surface area (Å²) >= 11 is 24.2. The highest BCUT2D eigenvalue weighted by atomic mass is 35.5. The van der Waals surface area contributed by atoms with Crippen molar-refractivity contribution in [2.24, 2.45) is 0 Å². The lowest BCUT2D eigenvalue weighted by Gasteiger charge is -2.34. The van der Waals surface area contributed by atoms with Crippen molar-refractivity contribution in [1.82, 2.24) is 0 Å². The molecule has 1 aliphatic heterocycles. The highest BCUT2D eigenvalue weighted by Crippen LogP contribution is 2.42. The highest BCUT2D eigenvalue weighted by molar-refractivity contribution is 6.35. The van der Waals surface area contributed by atoms with Crippen LogP contribution in [0.2, 0.25) is 20.1 Å². The van der Waals surface area contributed by atoms with Crippen LogP contribution >= 0.6 is 46.4 Å². The average Bonchev–Trinajstić information content (AvgIpc) is 2.80. The summed E-state index contributed by atoms with van der Waals surface area (Å²) in [4.78, 5) is 0. The van der Waals surface area contributed by atoms with Crippen molar-refractivity contribution < 1.29 is 25.2 Å². The van der Waals surface area contributed by atoms with Gasteiger partial charge in [-0.05, 0) is 42.3 Å². The fraction of sp³-hybridized carbons (Fsp3) is 0.400. The summed E-state index contributed by atoms with van der Waals surface area (Å²) in [5, 5.41) is 44.6. The molecule has 0 saturated carbocycles. The number of hydrogen-bond donors (Lipinski definition) is 4. The van der Waals surface area contributed by atoms with Crippen molar-refractivity contribution in [3.63, 3.8) is 0 Å². The number of aliphatic hydroxyl groups is 4. The Bertz CT molecular complexity index is 906. The van der Waals surface area contributed by atoms with E-state index < -0.39 is 29.7 Å². The summed E-state index contributed by atoms with van der Waals surface area (Å²) in [6, 6.07) is 9.49. The van der Waals surface area contributed by atoms with E-state index in [4.69, 9.17) is 51.1 Å². The molecule has 9 heteroatoms. The Morgan fingerprint density at radius 2 is 1.48 bits per heavy atom. The molecule has 1 fully saturated rings. The molecule has 4 N–H and O–H groups in total. The molecule has 0 amide bonds. The minimum absolute atomic E-state index is 0.000128. The van der Waals surface area contributed by atoms with Gasteiger partial charge in [0.2, 0.25) is 0 Å². The summed E-state index contributed by atoms with van der Waals surface area (Å²) in [5.74, 6) is -2.08. The maximum absolute atomic E-state index is 11.3. The van der Waals surface area contributed by atoms with Crippen LogP contribution in [0.25, 0.3) is 0 Å². The van der Waals surface area contributed by atoms with Crippen molar-refractivity contribution in [1.29, 1.82) is 0 Å². The van der Waals surface area contributed by atoms with Crippen LogP contribution in [0.3, 0.4) is 0 Å². The van der Waals surface area contributed by atoms with Crippen LogP contribution in [0.4, 0.5) is 0 Å². The van der Waals surface area contributed by atoms with Gasteiger partial charge in [-0.2, -0.15) is 0 Å². The Hall–Kier alpha value is -0.600. The zero-order chi connectivity index (χ0) is 21.6. The normalized spacial score (nSPS) is 30.5. The summed E-state index contributed by atoms with van der Waals surface area (Å²) < 4.78 is 5.48. The lowest BCUT2D eigenvalue weighted by Crippen LogP contribution is -2.55. The molecule has 0 aliphatic carbocycles. The third-order valence-electron chi connectivity index (χ3n) is 5.12. The minimum Gasteiger partial charge on any atom is -0.390 e. The van der Waals surface area contributed by atoms with E-state index >= 15 is 0 Å². The summed E-state index contributed by atoms with van der Waals surface area (Å²) in [7, 11) is 0. The minimum atomic E-state index is -2.08. The van der Waals surface area contributed by atoms with Crippen molar-refractivity contribution in [3.05, 3.63) is 67.6 Å². The molecule has 1 aliphatic rings. The first-order valence-electron chi connectivity index (χ1n) is 8.80. The number of benzene rings is 2. The molecule has 1 saturated heterocycles. The van der Waals surface area contributed by atoms with E-state index in [0.29, 0.717) is 26.2 Å². The second-order valence-corrected chi connectivity index (χ2v) is 9.09. The van der Waals surface area contributed by atoms with Gasteiger partial charge in [0.15, 0.2) is 5.79 Å². The van der Waals surface area contributed by atoms with Gasteiger partial charge in [0.25, 0.3) is 0 Å². The molecule has 5 nitrogen and oxygen atoms in total. The number of aliphatic hydroxyl groups excluding tert-OH is 2. The fourth-order valence-electron chi connectivity index (χ4n) is 3.64. The summed E-state index contributed by atoms with van der Waals surface area (Å²) in [6.07, 6.45) is -4.52. The van der Waals surface area contributed by atoms with Crippen LogP contribution in [-0.2, 0) is 17.6 Å².